The van der Waals surface area contributed by atoms with Crippen molar-refractivity contribution in [1.29, 1.82) is 0 Å². The number of rotatable bonds is 47. The summed E-state index contributed by atoms with van der Waals surface area (Å²) in [6, 6.07) is -0.260. The van der Waals surface area contributed by atoms with Gasteiger partial charge in [0.15, 0.2) is 18.5 Å². The molecule has 0 saturated heterocycles. The SMILES string of the molecule is CCCCCCC(C)C(=O)OCC(COC(=O)C(C)CCCCCC)OC(=O)CCCN(CCCC(=O)OC(COC(=O)C(C)CCCCCC)COC(O)C(C)CCCCCC)C(=O)N(C)CCCN(C)C. The van der Waals surface area contributed by atoms with E-state index in [1.165, 1.54) is 0 Å². The molecule has 0 fully saturated rings. The largest absolute Gasteiger partial charge is 0.461 e. The van der Waals surface area contributed by atoms with Crippen molar-refractivity contribution < 1.29 is 62.3 Å². The molecule has 0 aromatic rings. The predicted octanol–water partition coefficient (Wildman–Crippen LogP) is 11.1. The summed E-state index contributed by atoms with van der Waals surface area (Å²) in [5, 5.41) is 10.8. The molecule has 0 heterocycles. The van der Waals surface area contributed by atoms with Gasteiger partial charge in [0.1, 0.15) is 19.8 Å². The average molecular weight is 1040 g/mol. The van der Waals surface area contributed by atoms with E-state index < -0.39 is 42.4 Å². The maximum atomic E-state index is 13.9. The second kappa shape index (κ2) is 44.8. The maximum absolute atomic E-state index is 13.9. The van der Waals surface area contributed by atoms with Gasteiger partial charge in [0, 0.05) is 45.4 Å². The van der Waals surface area contributed by atoms with E-state index >= 15 is 0 Å². The molecule has 0 aliphatic rings. The summed E-state index contributed by atoms with van der Waals surface area (Å²) in [4.78, 5) is 84.7. The number of carbonyl (C=O) groups is 6. The molecule has 0 radical (unpaired) electrons. The summed E-state index contributed by atoms with van der Waals surface area (Å²) in [5.74, 6) is -3.47. The lowest BCUT2D eigenvalue weighted by atomic mass is 10.0. The van der Waals surface area contributed by atoms with Crippen LogP contribution in [-0.2, 0) is 52.4 Å². The molecular formula is C57H107N3O13. The average Bonchev–Trinajstić information content (AvgIpc) is 3.36. The van der Waals surface area contributed by atoms with Crippen molar-refractivity contribution in [2.75, 3.05) is 73.7 Å². The highest BCUT2D eigenvalue weighted by molar-refractivity contribution is 5.75. The molecule has 0 bridgehead atoms. The van der Waals surface area contributed by atoms with Crippen LogP contribution in [0, 0.1) is 23.7 Å². The topological polar surface area (TPSA) is 188 Å². The number of amides is 2. The van der Waals surface area contributed by atoms with E-state index in [0.717, 1.165) is 122 Å². The zero-order chi connectivity index (χ0) is 54.8. The Bertz CT molecular complexity index is 1420. The Morgan fingerprint density at radius 1 is 0.438 bits per heavy atom. The van der Waals surface area contributed by atoms with Gasteiger partial charge in [-0.05, 0) is 65.6 Å². The second-order valence-corrected chi connectivity index (χ2v) is 21.0. The molecule has 73 heavy (non-hydrogen) atoms. The van der Waals surface area contributed by atoms with Gasteiger partial charge in [-0.1, -0.05) is 158 Å². The molecule has 428 valence electrons. The van der Waals surface area contributed by atoms with Crippen LogP contribution in [0.15, 0.2) is 0 Å². The molecule has 6 atom stereocenters. The van der Waals surface area contributed by atoms with Gasteiger partial charge in [-0.25, -0.2) is 4.79 Å². The molecule has 0 saturated carbocycles. The smallest absolute Gasteiger partial charge is 0.319 e. The van der Waals surface area contributed by atoms with Crippen molar-refractivity contribution in [2.24, 2.45) is 23.7 Å². The van der Waals surface area contributed by atoms with E-state index in [4.69, 9.17) is 28.4 Å². The summed E-state index contributed by atoms with van der Waals surface area (Å²) in [6.07, 6.45) is 17.6. The van der Waals surface area contributed by atoms with E-state index in [1.807, 2.05) is 46.7 Å². The minimum absolute atomic E-state index is 0.0569. The Morgan fingerprint density at radius 3 is 1.18 bits per heavy atom. The molecule has 0 aliphatic heterocycles. The number of unbranched alkanes of at least 4 members (excludes halogenated alkanes) is 12. The van der Waals surface area contributed by atoms with E-state index in [9.17, 15) is 33.9 Å². The Morgan fingerprint density at radius 2 is 0.808 bits per heavy atom. The lowest BCUT2D eigenvalue weighted by Crippen LogP contribution is -2.43. The zero-order valence-corrected chi connectivity index (χ0v) is 48.1. The second-order valence-electron chi connectivity index (χ2n) is 21.0. The van der Waals surface area contributed by atoms with Crippen molar-refractivity contribution in [3.63, 3.8) is 0 Å². The molecule has 0 spiro atoms. The number of hydrogen-bond donors (Lipinski definition) is 1. The molecule has 0 rings (SSSR count). The molecule has 2 amide bonds. The molecule has 6 unspecified atom stereocenters. The first-order valence-corrected chi connectivity index (χ1v) is 28.7. The normalized spacial score (nSPS) is 14.3. The van der Waals surface area contributed by atoms with Gasteiger partial charge in [-0.2, -0.15) is 0 Å². The lowest BCUT2D eigenvalue weighted by molar-refractivity contribution is -0.181. The predicted molar refractivity (Wildman–Crippen MR) is 288 cm³/mol. The van der Waals surface area contributed by atoms with Gasteiger partial charge in [0.25, 0.3) is 0 Å². The number of hydrogen-bond acceptors (Lipinski definition) is 14. The summed E-state index contributed by atoms with van der Waals surface area (Å²) in [5.41, 5.74) is 0. The highest BCUT2D eigenvalue weighted by Gasteiger charge is 2.26. The number of ether oxygens (including phenoxy) is 6. The summed E-state index contributed by atoms with van der Waals surface area (Å²) >= 11 is 0. The molecule has 0 aromatic carbocycles. The standard InChI is InChI=1S/C57H107N3O13/c1-12-16-20-24-31-45(5)53(63)68-41-49(42-69-54(64)46(6)32-25-21-17-13-2)72-51(61)35-28-39-60(57(67)59(11)38-30-37-58(9)10)40-29-36-52(62)73-50(43-70-55(65)47(7)33-26-22-18-14-3)44-71-56(66)48(8)34-27-23-19-15-4/h45-50,53,63H,12-44H2,1-11H3. The number of aliphatic hydroxyl groups excluding tert-OH is 1. The monoisotopic (exact) mass is 1040 g/mol. The summed E-state index contributed by atoms with van der Waals surface area (Å²) in [7, 11) is 5.65. The van der Waals surface area contributed by atoms with Crippen LogP contribution in [0.3, 0.4) is 0 Å². The van der Waals surface area contributed by atoms with Crippen molar-refractivity contribution in [3.8, 4) is 0 Å². The van der Waals surface area contributed by atoms with Gasteiger partial charge in [0.05, 0.1) is 24.4 Å². The van der Waals surface area contributed by atoms with E-state index in [1.54, 1.807) is 16.8 Å². The van der Waals surface area contributed by atoms with Crippen molar-refractivity contribution >= 4 is 35.9 Å². The van der Waals surface area contributed by atoms with Crippen molar-refractivity contribution in [3.05, 3.63) is 0 Å². The summed E-state index contributed by atoms with van der Waals surface area (Å²) < 4.78 is 34.2. The number of esters is 5. The number of nitrogens with zero attached hydrogens (tertiary/aromatic N) is 3. The Labute approximate surface area is 443 Å². The Hall–Kier alpha value is -3.50. The highest BCUT2D eigenvalue weighted by atomic mass is 16.6. The molecular weight excluding hydrogens is 935 g/mol. The third kappa shape index (κ3) is 37.0. The first kappa shape index (κ1) is 69.5. The van der Waals surface area contributed by atoms with Crippen molar-refractivity contribution in [1.82, 2.24) is 14.7 Å². The van der Waals surface area contributed by atoms with Crippen LogP contribution in [0.4, 0.5) is 4.79 Å². The van der Waals surface area contributed by atoms with Gasteiger partial charge >= 0.3 is 35.9 Å². The van der Waals surface area contributed by atoms with E-state index in [0.29, 0.717) is 25.8 Å². The minimum atomic E-state index is -1.08. The van der Waals surface area contributed by atoms with Crippen LogP contribution in [-0.4, -0.2) is 148 Å². The quantitative estimate of drug-likeness (QED) is 0.0262. The third-order valence-electron chi connectivity index (χ3n) is 13.3. The zero-order valence-electron chi connectivity index (χ0n) is 48.1. The van der Waals surface area contributed by atoms with Gasteiger partial charge in [-0.15, -0.1) is 0 Å². The fourth-order valence-electron chi connectivity index (χ4n) is 8.16. The lowest BCUT2D eigenvalue weighted by Gasteiger charge is -2.29. The molecule has 0 aliphatic carbocycles. The van der Waals surface area contributed by atoms with Gasteiger partial charge < -0.3 is 48.2 Å². The van der Waals surface area contributed by atoms with Crippen LogP contribution >= 0.6 is 0 Å². The van der Waals surface area contributed by atoms with E-state index in [2.05, 4.69) is 27.7 Å². The summed E-state index contributed by atoms with van der Waals surface area (Å²) in [6.45, 7) is 16.7. The van der Waals surface area contributed by atoms with E-state index in [-0.39, 0.29) is 101 Å². The Balaban J connectivity index is 5.90. The Kier molecular flexibility index (Phi) is 42.6. The maximum Gasteiger partial charge on any atom is 0.319 e. The van der Waals surface area contributed by atoms with Crippen molar-refractivity contribution in [2.45, 2.75) is 234 Å². The minimum Gasteiger partial charge on any atom is -0.461 e. The number of aliphatic hydroxyl groups is 1. The molecule has 16 heteroatoms. The van der Waals surface area contributed by atoms with Gasteiger partial charge in [-0.3, -0.25) is 24.0 Å². The molecule has 0 aromatic heterocycles. The fourth-order valence-corrected chi connectivity index (χ4v) is 8.16. The van der Waals surface area contributed by atoms with Crippen LogP contribution < -0.4 is 0 Å². The molecule has 1 N–H and O–H groups in total. The third-order valence-corrected chi connectivity index (χ3v) is 13.3. The van der Waals surface area contributed by atoms with Crippen LogP contribution in [0.25, 0.3) is 0 Å². The van der Waals surface area contributed by atoms with Crippen LogP contribution in [0.1, 0.15) is 216 Å². The van der Waals surface area contributed by atoms with Crippen LogP contribution in [0.5, 0.6) is 0 Å². The van der Waals surface area contributed by atoms with Gasteiger partial charge in [0.2, 0.25) is 0 Å². The van der Waals surface area contributed by atoms with Crippen LogP contribution in [0.2, 0.25) is 0 Å². The highest BCUT2D eigenvalue weighted by Crippen LogP contribution is 2.19. The molecule has 16 nitrogen and oxygen atoms in total. The first-order valence-electron chi connectivity index (χ1n) is 28.7. The number of urea groups is 1. The first-order chi connectivity index (χ1) is 34.9. The number of carbonyl (C=O) groups excluding carboxylic acids is 6. The fraction of sp³-hybridized carbons (Fsp3) is 0.895.